The molecule has 0 atom stereocenters. The van der Waals surface area contributed by atoms with Crippen LogP contribution >= 0.6 is 0 Å². The van der Waals surface area contributed by atoms with Crippen molar-refractivity contribution in [3.8, 4) is 11.4 Å². The molecule has 1 N–H and O–H groups in total. The van der Waals surface area contributed by atoms with Crippen LogP contribution in [0.4, 0.5) is 23.2 Å². The van der Waals surface area contributed by atoms with Gasteiger partial charge in [-0.25, -0.2) is 17.8 Å². The number of aryl methyl sites for hydroxylation is 1. The third-order valence-electron chi connectivity index (χ3n) is 5.18. The van der Waals surface area contributed by atoms with Crippen LogP contribution in [0.2, 0.25) is 0 Å². The predicted octanol–water partition coefficient (Wildman–Crippen LogP) is 4.66. The van der Waals surface area contributed by atoms with Gasteiger partial charge in [-0.2, -0.15) is 13.2 Å². The van der Waals surface area contributed by atoms with E-state index in [1.165, 1.54) is 29.9 Å². The minimum atomic E-state index is -5.08. The van der Waals surface area contributed by atoms with E-state index in [1.54, 1.807) is 31.2 Å². The van der Waals surface area contributed by atoms with Gasteiger partial charge in [0.1, 0.15) is 17.4 Å². The maximum Gasteiger partial charge on any atom is 0.419 e. The molecule has 0 aliphatic rings. The van der Waals surface area contributed by atoms with Crippen molar-refractivity contribution in [2.45, 2.75) is 18.0 Å². The van der Waals surface area contributed by atoms with Gasteiger partial charge in [0.05, 0.1) is 39.8 Å². The Bertz CT molecular complexity index is 1620. The second kappa shape index (κ2) is 8.69. The fourth-order valence-electron chi connectivity index (χ4n) is 3.54. The molecule has 12 heteroatoms. The summed E-state index contributed by atoms with van der Waals surface area (Å²) >= 11 is 0. The molecule has 0 saturated heterocycles. The summed E-state index contributed by atoms with van der Waals surface area (Å²) in [5, 5.41) is 0.374. The third kappa shape index (κ3) is 4.56. The van der Waals surface area contributed by atoms with E-state index in [1.807, 2.05) is 0 Å². The lowest BCUT2D eigenvalue weighted by Gasteiger charge is -2.16. The zero-order valence-corrected chi connectivity index (χ0v) is 19.0. The molecular weight excluding hydrogens is 490 g/mol. The lowest BCUT2D eigenvalue weighted by Crippen LogP contribution is -2.22. The Morgan fingerprint density at radius 1 is 1.03 bits per heavy atom. The van der Waals surface area contributed by atoms with Gasteiger partial charge in [-0.3, -0.25) is 14.1 Å². The predicted molar refractivity (Wildman–Crippen MR) is 121 cm³/mol. The Labute approximate surface area is 196 Å². The number of methoxy groups -OCH3 is 1. The first-order valence-corrected chi connectivity index (χ1v) is 11.5. The Morgan fingerprint density at radius 3 is 2.43 bits per heavy atom. The van der Waals surface area contributed by atoms with Gasteiger partial charge >= 0.3 is 6.18 Å². The second-order valence-electron chi connectivity index (χ2n) is 7.45. The average Bonchev–Trinajstić information content (AvgIpc) is 2.79. The highest BCUT2D eigenvalue weighted by atomic mass is 32.2. The van der Waals surface area contributed by atoms with Crippen LogP contribution in [-0.2, 0) is 16.2 Å². The number of aromatic nitrogens is 2. The van der Waals surface area contributed by atoms with E-state index in [9.17, 15) is 30.8 Å². The Morgan fingerprint density at radius 2 is 1.74 bits per heavy atom. The molecule has 3 aromatic carbocycles. The van der Waals surface area contributed by atoms with Gasteiger partial charge in [0.25, 0.3) is 15.6 Å². The van der Waals surface area contributed by atoms with Crippen molar-refractivity contribution in [3.63, 3.8) is 0 Å². The van der Waals surface area contributed by atoms with E-state index in [0.717, 1.165) is 6.07 Å². The van der Waals surface area contributed by atoms with Gasteiger partial charge in [0.2, 0.25) is 0 Å². The van der Waals surface area contributed by atoms with E-state index in [4.69, 9.17) is 4.74 Å². The van der Waals surface area contributed by atoms with E-state index >= 15 is 0 Å². The van der Waals surface area contributed by atoms with Crippen molar-refractivity contribution in [2.24, 2.45) is 0 Å². The van der Waals surface area contributed by atoms with Gasteiger partial charge in [-0.05, 0) is 49.4 Å². The Kier molecular flexibility index (Phi) is 6.01. The van der Waals surface area contributed by atoms with Gasteiger partial charge < -0.3 is 4.74 Å². The number of nitrogens with zero attached hydrogens (tertiary/aromatic N) is 2. The summed E-state index contributed by atoms with van der Waals surface area (Å²) in [5.74, 6) is -1.23. The number of benzene rings is 3. The highest BCUT2D eigenvalue weighted by Crippen LogP contribution is 2.34. The first-order chi connectivity index (χ1) is 16.4. The normalized spacial score (nSPS) is 12.1. The highest BCUT2D eigenvalue weighted by molar-refractivity contribution is 7.92. The number of para-hydroxylation sites is 1. The fraction of sp³-hybridized carbons (Fsp3) is 0.130. The topological polar surface area (TPSA) is 90.3 Å². The van der Waals surface area contributed by atoms with Crippen LogP contribution in [0.1, 0.15) is 11.4 Å². The second-order valence-corrected chi connectivity index (χ2v) is 9.13. The molecule has 1 heterocycles. The first-order valence-electron chi connectivity index (χ1n) is 9.99. The smallest absolute Gasteiger partial charge is 0.419 e. The summed E-state index contributed by atoms with van der Waals surface area (Å²) in [6.07, 6.45) is -5.08. The van der Waals surface area contributed by atoms with Crippen molar-refractivity contribution in [1.82, 2.24) is 9.55 Å². The van der Waals surface area contributed by atoms with E-state index < -0.39 is 32.5 Å². The minimum Gasteiger partial charge on any atom is -0.494 e. The van der Waals surface area contributed by atoms with Crippen LogP contribution in [0.25, 0.3) is 16.6 Å². The molecule has 0 saturated carbocycles. The summed E-state index contributed by atoms with van der Waals surface area (Å²) < 4.78 is 86.9. The van der Waals surface area contributed by atoms with E-state index in [2.05, 4.69) is 9.71 Å². The minimum absolute atomic E-state index is 0.0105. The Balaban J connectivity index is 1.75. The van der Waals surface area contributed by atoms with Crippen molar-refractivity contribution in [2.75, 3.05) is 11.8 Å². The molecule has 35 heavy (non-hydrogen) atoms. The average molecular weight is 507 g/mol. The molecule has 7 nitrogen and oxygen atoms in total. The van der Waals surface area contributed by atoms with Crippen LogP contribution in [0, 0.1) is 12.7 Å². The van der Waals surface area contributed by atoms with Gasteiger partial charge in [0.15, 0.2) is 0 Å². The quantitative estimate of drug-likeness (QED) is 0.397. The SMILES string of the molecule is COc1cc(-n2c(C)nc3ccccc3c2=O)ccc1NS(=O)(=O)c1ccc(F)c(C(F)(F)F)c1. The van der Waals surface area contributed by atoms with Gasteiger partial charge in [-0.15, -0.1) is 0 Å². The van der Waals surface area contributed by atoms with Crippen molar-refractivity contribution < 1.29 is 30.7 Å². The molecule has 4 rings (SSSR count). The molecule has 0 spiro atoms. The largest absolute Gasteiger partial charge is 0.494 e. The van der Waals surface area contributed by atoms with Crippen LogP contribution in [-0.4, -0.2) is 25.1 Å². The molecule has 0 bridgehead atoms. The molecule has 182 valence electrons. The van der Waals surface area contributed by atoms with Crippen molar-refractivity contribution >= 4 is 26.6 Å². The third-order valence-corrected chi connectivity index (χ3v) is 6.55. The number of halogens is 4. The number of sulfonamides is 1. The molecule has 0 radical (unpaired) electrons. The fourth-order valence-corrected chi connectivity index (χ4v) is 4.64. The van der Waals surface area contributed by atoms with E-state index in [-0.39, 0.29) is 23.1 Å². The van der Waals surface area contributed by atoms with Crippen LogP contribution < -0.4 is 15.0 Å². The lowest BCUT2D eigenvalue weighted by molar-refractivity contribution is -0.140. The summed E-state index contributed by atoms with van der Waals surface area (Å²) in [7, 11) is -3.29. The Hall–Kier alpha value is -3.93. The molecule has 1 aromatic heterocycles. The number of nitrogens with one attached hydrogen (secondary N) is 1. The van der Waals surface area contributed by atoms with Crippen LogP contribution in [0.15, 0.2) is 70.4 Å². The molecule has 0 amide bonds. The lowest BCUT2D eigenvalue weighted by atomic mass is 10.2. The van der Waals surface area contributed by atoms with Crippen LogP contribution in [0.3, 0.4) is 0 Å². The molecule has 0 unspecified atom stereocenters. The summed E-state index contributed by atoms with van der Waals surface area (Å²) in [6, 6.07) is 12.2. The van der Waals surface area contributed by atoms with E-state index in [0.29, 0.717) is 28.5 Å². The highest BCUT2D eigenvalue weighted by Gasteiger charge is 2.35. The molecule has 0 fully saturated rings. The molecule has 4 aromatic rings. The zero-order valence-electron chi connectivity index (χ0n) is 18.2. The number of anilines is 1. The first kappa shape index (κ1) is 24.2. The summed E-state index contributed by atoms with van der Waals surface area (Å²) in [6.45, 7) is 1.63. The number of hydrogen-bond donors (Lipinski definition) is 1. The summed E-state index contributed by atoms with van der Waals surface area (Å²) in [5.41, 5.74) is -1.32. The number of rotatable bonds is 5. The maximum atomic E-state index is 13.6. The monoisotopic (exact) mass is 507 g/mol. The summed E-state index contributed by atoms with van der Waals surface area (Å²) in [4.78, 5) is 16.7. The number of fused-ring (bicyclic) bond motifs is 1. The number of ether oxygens (including phenoxy) is 1. The molecule has 0 aliphatic heterocycles. The molecular formula is C23H17F4N3O4S. The standard InChI is InChI=1S/C23H17F4N3O4S/c1-13-28-19-6-4-3-5-16(19)22(31)30(13)14-7-10-20(21(11-14)34-2)29-35(32,33)15-8-9-18(24)17(12-15)23(25,26)27/h3-12,29H,1-2H3. The number of hydrogen-bond acceptors (Lipinski definition) is 5. The van der Waals surface area contributed by atoms with Gasteiger partial charge in [-0.1, -0.05) is 12.1 Å². The molecule has 0 aliphatic carbocycles. The van der Waals surface area contributed by atoms with Crippen molar-refractivity contribution in [1.29, 1.82) is 0 Å². The van der Waals surface area contributed by atoms with Gasteiger partial charge in [0, 0.05) is 6.07 Å². The maximum absolute atomic E-state index is 13.6. The van der Waals surface area contributed by atoms with Crippen LogP contribution in [0.5, 0.6) is 5.75 Å². The zero-order chi connectivity index (χ0) is 25.5. The van der Waals surface area contributed by atoms with Crippen molar-refractivity contribution in [3.05, 3.63) is 88.2 Å². The number of alkyl halides is 3.